The van der Waals surface area contributed by atoms with Crippen molar-refractivity contribution in [3.63, 3.8) is 0 Å². The lowest BCUT2D eigenvalue weighted by Gasteiger charge is -2.24. The van der Waals surface area contributed by atoms with Crippen LogP contribution in [0.4, 0.5) is 0 Å². The number of rotatable bonds is 5. The lowest BCUT2D eigenvalue weighted by atomic mass is 9.82. The molecule has 0 radical (unpaired) electrons. The summed E-state index contributed by atoms with van der Waals surface area (Å²) in [4.78, 5) is 0. The first-order chi connectivity index (χ1) is 8.75. The van der Waals surface area contributed by atoms with E-state index in [1.165, 1.54) is 23.1 Å². The van der Waals surface area contributed by atoms with Gasteiger partial charge in [-0.25, -0.2) is 0 Å². The molecule has 19 heavy (non-hydrogen) atoms. The predicted octanol–water partition coefficient (Wildman–Crippen LogP) is 4.33. The zero-order chi connectivity index (χ0) is 14.6. The second-order valence-electron chi connectivity index (χ2n) is 7.16. The van der Waals surface area contributed by atoms with Gasteiger partial charge < -0.3 is 5.32 Å². The van der Waals surface area contributed by atoms with Crippen molar-refractivity contribution < 1.29 is 0 Å². The summed E-state index contributed by atoms with van der Waals surface area (Å²) in [6, 6.07) is 6.98. The number of aryl methyl sites for hydroxylation is 1. The quantitative estimate of drug-likeness (QED) is 0.832. The molecule has 0 saturated heterocycles. The van der Waals surface area contributed by atoms with Crippen LogP contribution >= 0.6 is 0 Å². The Bertz CT molecular complexity index is 399. The fourth-order valence-corrected chi connectivity index (χ4v) is 2.45. The van der Waals surface area contributed by atoms with Crippen LogP contribution in [0.5, 0.6) is 0 Å². The molecule has 1 aromatic rings. The Morgan fingerprint density at radius 1 is 1.16 bits per heavy atom. The highest BCUT2D eigenvalue weighted by Gasteiger charge is 2.18. The zero-order valence-corrected chi connectivity index (χ0v) is 13.8. The van der Waals surface area contributed by atoms with Crippen molar-refractivity contribution in [1.29, 1.82) is 0 Å². The largest absolute Gasteiger partial charge is 0.319 e. The molecule has 1 nitrogen and oxygen atoms in total. The van der Waals surface area contributed by atoms with E-state index in [1.54, 1.807) is 0 Å². The topological polar surface area (TPSA) is 12.0 Å². The maximum absolute atomic E-state index is 3.33. The van der Waals surface area contributed by atoms with Crippen molar-refractivity contribution >= 4 is 0 Å². The average molecular weight is 261 g/mol. The van der Waals surface area contributed by atoms with Crippen molar-refractivity contribution in [3.05, 3.63) is 34.9 Å². The van der Waals surface area contributed by atoms with E-state index < -0.39 is 0 Å². The van der Waals surface area contributed by atoms with Gasteiger partial charge in [-0.1, -0.05) is 52.8 Å². The van der Waals surface area contributed by atoms with E-state index in [-0.39, 0.29) is 5.41 Å². The number of hydrogen-bond donors (Lipinski definition) is 1. The molecule has 0 aliphatic carbocycles. The van der Waals surface area contributed by atoms with Crippen LogP contribution in [-0.2, 0) is 11.8 Å². The molecular formula is C18H31N. The predicted molar refractivity (Wildman–Crippen MR) is 85.8 cm³/mol. The van der Waals surface area contributed by atoms with Crippen LogP contribution in [0, 0.1) is 18.8 Å². The van der Waals surface area contributed by atoms with Crippen LogP contribution in [0.15, 0.2) is 18.2 Å². The third-order valence-corrected chi connectivity index (χ3v) is 4.11. The van der Waals surface area contributed by atoms with E-state index in [0.717, 1.165) is 6.54 Å². The van der Waals surface area contributed by atoms with E-state index >= 15 is 0 Å². The van der Waals surface area contributed by atoms with Crippen molar-refractivity contribution in [2.45, 2.75) is 53.4 Å². The minimum absolute atomic E-state index is 0.235. The summed E-state index contributed by atoms with van der Waals surface area (Å²) in [5.41, 5.74) is 4.62. The molecule has 0 fully saturated rings. The van der Waals surface area contributed by atoms with Crippen LogP contribution in [0.3, 0.4) is 0 Å². The van der Waals surface area contributed by atoms with E-state index in [4.69, 9.17) is 0 Å². The molecule has 0 spiro atoms. The van der Waals surface area contributed by atoms with Crippen molar-refractivity contribution in [3.8, 4) is 0 Å². The van der Waals surface area contributed by atoms with Crippen LogP contribution < -0.4 is 5.32 Å². The summed E-state index contributed by atoms with van der Waals surface area (Å²) in [5.74, 6) is 1.42. The Labute approximate surface area is 119 Å². The summed E-state index contributed by atoms with van der Waals surface area (Å²) >= 11 is 0. The number of nitrogens with one attached hydrogen (secondary N) is 1. The molecule has 0 aromatic heterocycles. The smallest absolute Gasteiger partial charge is 0.00179 e. The first-order valence-corrected chi connectivity index (χ1v) is 7.50. The maximum Gasteiger partial charge on any atom is -0.00179 e. The number of benzene rings is 1. The second kappa shape index (κ2) is 6.56. The minimum atomic E-state index is 0.235. The highest BCUT2D eigenvalue weighted by Crippen LogP contribution is 2.26. The van der Waals surface area contributed by atoms with Crippen molar-refractivity contribution in [1.82, 2.24) is 5.32 Å². The van der Waals surface area contributed by atoms with E-state index in [9.17, 15) is 0 Å². The Kier molecular flexibility index (Phi) is 5.61. The molecule has 1 N–H and O–H groups in total. The fourth-order valence-electron chi connectivity index (χ4n) is 2.45. The third-order valence-electron chi connectivity index (χ3n) is 4.11. The molecule has 0 amide bonds. The maximum atomic E-state index is 3.33. The summed E-state index contributed by atoms with van der Waals surface area (Å²) in [5, 5.41) is 3.33. The van der Waals surface area contributed by atoms with Gasteiger partial charge in [0, 0.05) is 0 Å². The van der Waals surface area contributed by atoms with E-state index in [0.29, 0.717) is 11.8 Å². The van der Waals surface area contributed by atoms with Gasteiger partial charge in [0.2, 0.25) is 0 Å². The molecule has 0 aliphatic rings. The highest BCUT2D eigenvalue weighted by molar-refractivity contribution is 5.34. The number of hydrogen-bond acceptors (Lipinski definition) is 1. The average Bonchev–Trinajstić information content (AvgIpc) is 2.29. The Morgan fingerprint density at radius 3 is 2.26 bits per heavy atom. The summed E-state index contributed by atoms with van der Waals surface area (Å²) in [6.07, 6.45) is 1.17. The highest BCUT2D eigenvalue weighted by atomic mass is 14.8. The molecule has 1 atom stereocenters. The van der Waals surface area contributed by atoms with Gasteiger partial charge in [-0.3, -0.25) is 0 Å². The summed E-state index contributed by atoms with van der Waals surface area (Å²) in [7, 11) is 2.05. The zero-order valence-electron chi connectivity index (χ0n) is 13.8. The van der Waals surface area contributed by atoms with Gasteiger partial charge in [0.25, 0.3) is 0 Å². The van der Waals surface area contributed by atoms with Gasteiger partial charge in [0.1, 0.15) is 0 Å². The minimum Gasteiger partial charge on any atom is -0.319 e. The molecule has 0 aliphatic heterocycles. The Balaban J connectivity index is 2.99. The molecule has 1 rings (SSSR count). The Morgan fingerprint density at radius 2 is 1.79 bits per heavy atom. The molecule has 108 valence electrons. The first kappa shape index (κ1) is 16.2. The summed E-state index contributed by atoms with van der Waals surface area (Å²) < 4.78 is 0. The third kappa shape index (κ3) is 4.65. The lowest BCUT2D eigenvalue weighted by Crippen LogP contribution is -2.25. The lowest BCUT2D eigenvalue weighted by molar-refractivity contribution is 0.370. The second-order valence-corrected chi connectivity index (χ2v) is 7.16. The van der Waals surface area contributed by atoms with Crippen molar-refractivity contribution in [2.75, 3.05) is 13.6 Å². The van der Waals surface area contributed by atoms with Crippen LogP contribution in [0.1, 0.15) is 51.3 Å². The van der Waals surface area contributed by atoms with E-state index in [2.05, 4.69) is 65.1 Å². The normalized spacial score (nSPS) is 13.9. The monoisotopic (exact) mass is 261 g/mol. The summed E-state index contributed by atoms with van der Waals surface area (Å²) in [6.45, 7) is 14.8. The van der Waals surface area contributed by atoms with Crippen LogP contribution in [-0.4, -0.2) is 13.6 Å². The molecule has 0 saturated carbocycles. The van der Waals surface area contributed by atoms with Crippen molar-refractivity contribution in [2.24, 2.45) is 11.8 Å². The van der Waals surface area contributed by atoms with Crippen LogP contribution in [0.2, 0.25) is 0 Å². The molecular weight excluding hydrogens is 230 g/mol. The molecule has 0 bridgehead atoms. The van der Waals surface area contributed by atoms with E-state index in [1.807, 2.05) is 7.05 Å². The standard InChI is InChI=1S/C18H31N/c1-13(2)16(12-19-7)10-15-11-17(18(4,5)6)9-8-14(15)3/h8-9,11,13,16,19H,10,12H2,1-7H3. The molecule has 1 heteroatoms. The molecule has 1 aromatic carbocycles. The van der Waals surface area contributed by atoms with Gasteiger partial charge in [-0.05, 0) is 60.9 Å². The SMILES string of the molecule is CNCC(Cc1cc(C(C)(C)C)ccc1C)C(C)C. The van der Waals surface area contributed by atoms with Gasteiger partial charge in [-0.15, -0.1) is 0 Å². The van der Waals surface area contributed by atoms with Gasteiger partial charge in [0.05, 0.1) is 0 Å². The molecule has 1 unspecified atom stereocenters. The first-order valence-electron chi connectivity index (χ1n) is 7.50. The fraction of sp³-hybridized carbons (Fsp3) is 0.667. The van der Waals surface area contributed by atoms with Crippen LogP contribution in [0.25, 0.3) is 0 Å². The Hall–Kier alpha value is -0.820. The molecule has 0 heterocycles. The van der Waals surface area contributed by atoms with Gasteiger partial charge >= 0.3 is 0 Å². The van der Waals surface area contributed by atoms with Gasteiger partial charge in [-0.2, -0.15) is 0 Å². The van der Waals surface area contributed by atoms with Gasteiger partial charge in [0.15, 0.2) is 0 Å².